The largest absolute Gasteiger partial charge is 0.507 e. The maximum Gasteiger partial charge on any atom is 0.337 e. The minimum absolute atomic E-state index is 0.110. The first-order valence-corrected chi connectivity index (χ1v) is 8.82. The van der Waals surface area contributed by atoms with Crippen LogP contribution in [0.1, 0.15) is 27.4 Å². The van der Waals surface area contributed by atoms with E-state index in [-0.39, 0.29) is 17.9 Å². The van der Waals surface area contributed by atoms with Gasteiger partial charge in [0.25, 0.3) is 0 Å². The highest BCUT2D eigenvalue weighted by atomic mass is 16.5. The number of ether oxygens (including phenoxy) is 4. The smallest absolute Gasteiger partial charge is 0.337 e. The Labute approximate surface area is 166 Å². The number of esters is 1. The van der Waals surface area contributed by atoms with Gasteiger partial charge in [0.05, 0.1) is 43.9 Å². The average molecular weight is 397 g/mol. The number of cyclic esters (lactones) is 1. The summed E-state index contributed by atoms with van der Waals surface area (Å²) >= 11 is 0. The van der Waals surface area contributed by atoms with Crippen molar-refractivity contribution in [1.29, 1.82) is 0 Å². The maximum absolute atomic E-state index is 12.6. The Kier molecular flexibility index (Phi) is 4.54. The highest BCUT2D eigenvalue weighted by molar-refractivity contribution is 5.98. The Balaban J connectivity index is 2.02. The van der Waals surface area contributed by atoms with Crippen molar-refractivity contribution < 1.29 is 33.6 Å². The second kappa shape index (κ2) is 7.05. The van der Waals surface area contributed by atoms with Gasteiger partial charge in [-0.25, -0.2) is 4.79 Å². The van der Waals surface area contributed by atoms with Crippen LogP contribution in [0.4, 0.5) is 5.69 Å². The molecule has 0 aliphatic carbocycles. The zero-order valence-corrected chi connectivity index (χ0v) is 16.1. The van der Waals surface area contributed by atoms with Crippen LogP contribution in [0.5, 0.6) is 23.0 Å². The lowest BCUT2D eigenvalue weighted by atomic mass is 9.80. The molecule has 8 nitrogen and oxygen atoms in total. The molecule has 0 radical (unpaired) electrons. The van der Waals surface area contributed by atoms with Crippen LogP contribution in [-0.2, 0) is 9.53 Å². The molecule has 8 heteroatoms. The van der Waals surface area contributed by atoms with E-state index in [9.17, 15) is 14.7 Å². The number of methoxy groups -OCH3 is 3. The van der Waals surface area contributed by atoms with Crippen LogP contribution in [0.2, 0.25) is 0 Å². The van der Waals surface area contributed by atoms with Gasteiger partial charge in [-0.3, -0.25) is 4.79 Å². The standard InChI is InChI=1S/C21H19NO7/c1-26-15-7-12-17(20(28-3)19(15)27-2)16(18-13(22-12)9-29-21(18)25)10-4-5-11(8-23)14(24)6-10/h4-8,16,22,24H,9H2,1-3H3. The predicted molar refractivity (Wildman–Crippen MR) is 103 cm³/mol. The van der Waals surface area contributed by atoms with Gasteiger partial charge in [-0.2, -0.15) is 0 Å². The number of benzene rings is 2. The third-order valence-corrected chi connectivity index (χ3v) is 5.14. The van der Waals surface area contributed by atoms with Crippen molar-refractivity contribution in [2.45, 2.75) is 5.92 Å². The number of aldehydes is 1. The average Bonchev–Trinajstić information content (AvgIpc) is 3.10. The van der Waals surface area contributed by atoms with E-state index in [1.165, 1.54) is 33.5 Å². The molecule has 2 aliphatic heterocycles. The Morgan fingerprint density at radius 2 is 1.90 bits per heavy atom. The van der Waals surface area contributed by atoms with Gasteiger partial charge in [0.1, 0.15) is 12.4 Å². The van der Waals surface area contributed by atoms with Crippen molar-refractivity contribution in [1.82, 2.24) is 0 Å². The normalized spacial score (nSPS) is 17.1. The predicted octanol–water partition coefficient (Wildman–Crippen LogP) is 2.60. The summed E-state index contributed by atoms with van der Waals surface area (Å²) in [4.78, 5) is 23.7. The number of hydrogen-bond donors (Lipinski definition) is 2. The van der Waals surface area contributed by atoms with Gasteiger partial charge in [-0.1, -0.05) is 6.07 Å². The lowest BCUT2D eigenvalue weighted by Crippen LogP contribution is -2.21. The molecule has 0 aromatic heterocycles. The van der Waals surface area contributed by atoms with Crippen LogP contribution in [0.25, 0.3) is 0 Å². The number of anilines is 1. The lowest BCUT2D eigenvalue weighted by Gasteiger charge is -2.30. The summed E-state index contributed by atoms with van der Waals surface area (Å²) in [6, 6.07) is 6.43. The number of aromatic hydroxyl groups is 1. The first-order chi connectivity index (χ1) is 14.0. The van der Waals surface area contributed by atoms with Gasteiger partial charge >= 0.3 is 5.97 Å². The maximum atomic E-state index is 12.6. The van der Waals surface area contributed by atoms with E-state index in [1.54, 1.807) is 12.1 Å². The Morgan fingerprint density at radius 1 is 1.14 bits per heavy atom. The molecule has 29 heavy (non-hydrogen) atoms. The van der Waals surface area contributed by atoms with Gasteiger partial charge in [-0.05, 0) is 17.7 Å². The molecule has 2 aliphatic rings. The van der Waals surface area contributed by atoms with Gasteiger partial charge < -0.3 is 29.4 Å². The van der Waals surface area contributed by atoms with Gasteiger partial charge in [0, 0.05) is 17.5 Å². The summed E-state index contributed by atoms with van der Waals surface area (Å²) in [5, 5.41) is 13.5. The zero-order chi connectivity index (χ0) is 20.7. The highest BCUT2D eigenvalue weighted by Crippen LogP contribution is 2.54. The number of rotatable bonds is 5. The molecule has 0 amide bonds. The van der Waals surface area contributed by atoms with E-state index in [4.69, 9.17) is 18.9 Å². The van der Waals surface area contributed by atoms with Crippen LogP contribution in [0.15, 0.2) is 35.5 Å². The highest BCUT2D eigenvalue weighted by Gasteiger charge is 2.41. The zero-order valence-electron chi connectivity index (χ0n) is 16.1. The van der Waals surface area contributed by atoms with Crippen LogP contribution >= 0.6 is 0 Å². The molecule has 2 heterocycles. The van der Waals surface area contributed by atoms with Crippen LogP contribution < -0.4 is 19.5 Å². The monoisotopic (exact) mass is 397 g/mol. The fraction of sp³-hybridized carbons (Fsp3) is 0.238. The van der Waals surface area contributed by atoms with E-state index in [0.717, 1.165) is 0 Å². The summed E-state index contributed by atoms with van der Waals surface area (Å²) in [6.07, 6.45) is 0.568. The topological polar surface area (TPSA) is 103 Å². The molecule has 0 saturated carbocycles. The fourth-order valence-electron chi connectivity index (χ4n) is 3.86. The van der Waals surface area contributed by atoms with Crippen molar-refractivity contribution in [3.05, 3.63) is 52.2 Å². The number of fused-ring (bicyclic) bond motifs is 1. The Bertz CT molecular complexity index is 1060. The Hall–Kier alpha value is -3.68. The molecule has 4 rings (SSSR count). The number of carbonyl (C=O) groups is 2. The second-order valence-electron chi connectivity index (χ2n) is 6.57. The quantitative estimate of drug-likeness (QED) is 0.586. The van der Waals surface area contributed by atoms with E-state index in [1.807, 2.05) is 0 Å². The van der Waals surface area contributed by atoms with E-state index < -0.39 is 11.9 Å². The minimum Gasteiger partial charge on any atom is -0.507 e. The first-order valence-electron chi connectivity index (χ1n) is 8.82. The van der Waals surface area contributed by atoms with Gasteiger partial charge in [-0.15, -0.1) is 0 Å². The van der Waals surface area contributed by atoms with Gasteiger partial charge in [0.15, 0.2) is 17.8 Å². The number of nitrogens with one attached hydrogen (secondary N) is 1. The second-order valence-corrected chi connectivity index (χ2v) is 6.57. The molecule has 0 fully saturated rings. The molecule has 2 aromatic carbocycles. The van der Waals surface area contributed by atoms with E-state index in [2.05, 4.69) is 5.32 Å². The third-order valence-electron chi connectivity index (χ3n) is 5.14. The minimum atomic E-state index is -0.599. The summed E-state index contributed by atoms with van der Waals surface area (Å²) < 4.78 is 21.8. The molecule has 0 spiro atoms. The molecular formula is C21H19NO7. The number of carbonyl (C=O) groups excluding carboxylic acids is 2. The van der Waals surface area contributed by atoms with Crippen LogP contribution in [-0.4, -0.2) is 45.3 Å². The molecule has 1 atom stereocenters. The molecular weight excluding hydrogens is 378 g/mol. The van der Waals surface area contributed by atoms with Crippen molar-refractivity contribution in [2.75, 3.05) is 33.3 Å². The summed E-state index contributed by atoms with van der Waals surface area (Å²) in [5.41, 5.74) is 3.11. The Morgan fingerprint density at radius 3 is 2.52 bits per heavy atom. The summed E-state index contributed by atoms with van der Waals surface area (Å²) in [5.74, 6) is -0.000802. The summed E-state index contributed by atoms with van der Waals surface area (Å²) in [6.45, 7) is 0.110. The fourth-order valence-corrected chi connectivity index (χ4v) is 3.86. The number of phenolic OH excluding ortho intramolecular Hbond substituents is 1. The van der Waals surface area contributed by atoms with Crippen molar-refractivity contribution in [3.63, 3.8) is 0 Å². The van der Waals surface area contributed by atoms with Gasteiger partial charge in [0.2, 0.25) is 5.75 Å². The molecule has 2 N–H and O–H groups in total. The number of hydrogen-bond acceptors (Lipinski definition) is 8. The van der Waals surface area contributed by atoms with Crippen molar-refractivity contribution in [3.8, 4) is 23.0 Å². The lowest BCUT2D eigenvalue weighted by molar-refractivity contribution is -0.136. The SMILES string of the molecule is COc1cc2c(c(OC)c1OC)C(c1ccc(C=O)c(O)c1)C1=C(COC1=O)N2. The van der Waals surface area contributed by atoms with E-state index in [0.29, 0.717) is 51.6 Å². The van der Waals surface area contributed by atoms with Crippen LogP contribution in [0, 0.1) is 0 Å². The third kappa shape index (κ3) is 2.75. The van der Waals surface area contributed by atoms with Crippen molar-refractivity contribution in [2.24, 2.45) is 0 Å². The molecule has 0 saturated heterocycles. The molecule has 1 unspecified atom stereocenters. The van der Waals surface area contributed by atoms with E-state index >= 15 is 0 Å². The summed E-state index contributed by atoms with van der Waals surface area (Å²) in [7, 11) is 4.52. The molecule has 2 aromatic rings. The van der Waals surface area contributed by atoms with Crippen molar-refractivity contribution >= 4 is 17.9 Å². The number of phenols is 1. The molecule has 150 valence electrons. The first kappa shape index (κ1) is 18.7. The van der Waals surface area contributed by atoms with Crippen LogP contribution in [0.3, 0.4) is 0 Å². The molecule has 0 bridgehead atoms.